The lowest BCUT2D eigenvalue weighted by Gasteiger charge is -2.40. The molecule has 2 atom stereocenters. The van der Waals surface area contributed by atoms with E-state index < -0.39 is 16.7 Å². The summed E-state index contributed by atoms with van der Waals surface area (Å²) in [5, 5.41) is 3.39. The molecule has 7 heteroatoms. The Morgan fingerprint density at radius 3 is 2.54 bits per heavy atom. The Hall–Kier alpha value is -1.12. The second-order valence-corrected chi connectivity index (χ2v) is 9.48. The Morgan fingerprint density at radius 1 is 1.25 bits per heavy atom. The fourth-order valence-corrected chi connectivity index (χ4v) is 5.68. The summed E-state index contributed by atoms with van der Waals surface area (Å²) in [6.07, 6.45) is 4.90. The van der Waals surface area contributed by atoms with Crippen molar-refractivity contribution < 1.29 is 13.7 Å². The molecule has 0 amide bonds. The number of ketones is 1. The zero-order valence-corrected chi connectivity index (χ0v) is 18.1. The fraction of sp³-hybridized carbons (Fsp3) is 0.667. The van der Waals surface area contributed by atoms with Gasteiger partial charge in [0.25, 0.3) is 0 Å². The minimum absolute atomic E-state index is 0.0235. The molecule has 2 saturated heterocycles. The summed E-state index contributed by atoms with van der Waals surface area (Å²) >= 11 is 0. The SMILES string of the molecule is CC(=O)c1ccc(S(=O)N2C(CCCCN(C)C)COC23CCNCC3)cc1. The lowest BCUT2D eigenvalue weighted by atomic mass is 10.0. The van der Waals surface area contributed by atoms with Gasteiger partial charge < -0.3 is 15.0 Å². The maximum atomic E-state index is 13.6. The van der Waals surface area contributed by atoms with Gasteiger partial charge in [-0.25, -0.2) is 4.21 Å². The van der Waals surface area contributed by atoms with Gasteiger partial charge in [-0.3, -0.25) is 4.79 Å². The van der Waals surface area contributed by atoms with E-state index in [1.807, 2.05) is 12.1 Å². The molecule has 1 aromatic rings. The van der Waals surface area contributed by atoms with E-state index in [9.17, 15) is 9.00 Å². The Morgan fingerprint density at radius 2 is 1.93 bits per heavy atom. The van der Waals surface area contributed by atoms with Crippen molar-refractivity contribution in [3.05, 3.63) is 29.8 Å². The first kappa shape index (κ1) is 21.6. The molecule has 0 aliphatic carbocycles. The van der Waals surface area contributed by atoms with Crippen LogP contribution < -0.4 is 5.32 Å². The van der Waals surface area contributed by atoms with Gasteiger partial charge in [-0.2, -0.15) is 4.31 Å². The molecule has 1 spiro atoms. The highest BCUT2D eigenvalue weighted by molar-refractivity contribution is 7.82. The number of nitrogens with zero attached hydrogens (tertiary/aromatic N) is 2. The summed E-state index contributed by atoms with van der Waals surface area (Å²) in [6.45, 7) is 5.01. The highest BCUT2D eigenvalue weighted by Gasteiger charge is 2.50. The van der Waals surface area contributed by atoms with Crippen LogP contribution in [0.15, 0.2) is 29.2 Å². The highest BCUT2D eigenvalue weighted by atomic mass is 32.2. The van der Waals surface area contributed by atoms with Crippen molar-refractivity contribution in [1.29, 1.82) is 0 Å². The summed E-state index contributed by atoms with van der Waals surface area (Å²) in [5.74, 6) is 0.0235. The van der Waals surface area contributed by atoms with E-state index in [1.165, 1.54) is 0 Å². The van der Waals surface area contributed by atoms with Gasteiger partial charge in [0, 0.05) is 24.4 Å². The van der Waals surface area contributed by atoms with Crippen LogP contribution in [0.4, 0.5) is 0 Å². The largest absolute Gasteiger partial charge is 0.358 e. The van der Waals surface area contributed by atoms with E-state index in [2.05, 4.69) is 28.6 Å². The van der Waals surface area contributed by atoms with Gasteiger partial charge in [-0.05, 0) is 65.6 Å². The average molecular weight is 408 g/mol. The number of ether oxygens (including phenoxy) is 1. The molecule has 2 unspecified atom stereocenters. The second-order valence-electron chi connectivity index (χ2n) is 8.12. The standard InChI is InChI=1S/C21H33N3O3S/c1-17(25)18-7-9-20(10-8-18)28(26)24-19(6-4-5-15-23(2)3)16-27-21(24)11-13-22-14-12-21/h7-10,19,22H,4-6,11-16H2,1-3H3. The molecule has 2 fully saturated rings. The minimum atomic E-state index is -1.30. The van der Waals surface area contributed by atoms with Gasteiger partial charge in [0.2, 0.25) is 0 Å². The van der Waals surface area contributed by atoms with E-state index in [1.54, 1.807) is 19.1 Å². The molecule has 1 N–H and O–H groups in total. The van der Waals surface area contributed by atoms with Crippen LogP contribution in [0.5, 0.6) is 0 Å². The predicted molar refractivity (Wildman–Crippen MR) is 112 cm³/mol. The van der Waals surface area contributed by atoms with E-state index in [-0.39, 0.29) is 11.8 Å². The van der Waals surface area contributed by atoms with Crippen LogP contribution in [0.3, 0.4) is 0 Å². The van der Waals surface area contributed by atoms with E-state index in [0.717, 1.165) is 56.6 Å². The third kappa shape index (κ3) is 4.89. The van der Waals surface area contributed by atoms with E-state index >= 15 is 0 Å². The van der Waals surface area contributed by atoms with E-state index in [4.69, 9.17) is 4.74 Å². The molecule has 1 aromatic carbocycles. The van der Waals surface area contributed by atoms with Crippen LogP contribution in [-0.2, 0) is 15.7 Å². The van der Waals surface area contributed by atoms with Crippen molar-refractivity contribution >= 4 is 16.8 Å². The lowest BCUT2D eigenvalue weighted by Crippen LogP contribution is -2.54. The third-order valence-electron chi connectivity index (χ3n) is 5.70. The zero-order chi connectivity index (χ0) is 20.1. The fourth-order valence-electron chi connectivity index (χ4n) is 4.11. The number of rotatable bonds is 8. The highest BCUT2D eigenvalue weighted by Crippen LogP contribution is 2.39. The second kappa shape index (κ2) is 9.59. The van der Waals surface area contributed by atoms with Crippen molar-refractivity contribution in [2.75, 3.05) is 40.3 Å². The quantitative estimate of drug-likeness (QED) is 0.530. The molecule has 0 saturated carbocycles. The maximum absolute atomic E-state index is 13.6. The van der Waals surface area contributed by atoms with Crippen molar-refractivity contribution in [2.45, 2.75) is 55.7 Å². The Balaban J connectivity index is 1.77. The Kier molecular flexibility index (Phi) is 7.39. The summed E-state index contributed by atoms with van der Waals surface area (Å²) in [7, 11) is 2.88. The van der Waals surface area contributed by atoms with E-state index in [0.29, 0.717) is 12.2 Å². The van der Waals surface area contributed by atoms with Crippen molar-refractivity contribution in [3.63, 3.8) is 0 Å². The van der Waals surface area contributed by atoms with Crippen LogP contribution in [0, 0.1) is 0 Å². The Bertz CT molecular complexity index is 687. The molecule has 2 heterocycles. The number of benzene rings is 1. The van der Waals surface area contributed by atoms with Gasteiger partial charge in [-0.1, -0.05) is 18.6 Å². The van der Waals surface area contributed by atoms with Crippen molar-refractivity contribution in [3.8, 4) is 0 Å². The number of piperidine rings is 1. The number of nitrogens with one attached hydrogen (secondary N) is 1. The Labute approximate surface area is 171 Å². The summed E-state index contributed by atoms with van der Waals surface area (Å²) < 4.78 is 22.0. The van der Waals surface area contributed by atoms with Crippen LogP contribution in [0.2, 0.25) is 0 Å². The first-order valence-corrected chi connectivity index (χ1v) is 11.4. The topological polar surface area (TPSA) is 61.9 Å². The molecule has 6 nitrogen and oxygen atoms in total. The third-order valence-corrected chi connectivity index (χ3v) is 7.36. The zero-order valence-electron chi connectivity index (χ0n) is 17.3. The lowest BCUT2D eigenvalue weighted by molar-refractivity contribution is -0.0699. The van der Waals surface area contributed by atoms with Gasteiger partial charge in [-0.15, -0.1) is 0 Å². The molecule has 0 radical (unpaired) electrons. The molecular formula is C21H33N3O3S. The minimum Gasteiger partial charge on any atom is -0.358 e. The number of hydrogen-bond acceptors (Lipinski definition) is 5. The molecular weight excluding hydrogens is 374 g/mol. The smallest absolute Gasteiger partial charge is 0.159 e. The molecule has 2 aliphatic heterocycles. The molecule has 0 bridgehead atoms. The molecule has 2 aliphatic rings. The number of carbonyl (C=O) groups is 1. The number of hydrogen-bond donors (Lipinski definition) is 1. The summed E-state index contributed by atoms with van der Waals surface area (Å²) in [4.78, 5) is 14.5. The maximum Gasteiger partial charge on any atom is 0.159 e. The number of Topliss-reactive ketones (excluding diaryl/α,β-unsaturated/α-hetero) is 1. The van der Waals surface area contributed by atoms with Gasteiger partial charge in [0.15, 0.2) is 5.78 Å². The first-order valence-electron chi connectivity index (χ1n) is 10.2. The summed E-state index contributed by atoms with van der Waals surface area (Å²) in [6, 6.07) is 7.35. The molecule has 3 rings (SSSR count). The monoisotopic (exact) mass is 407 g/mol. The van der Waals surface area contributed by atoms with Crippen LogP contribution in [-0.4, -0.2) is 71.3 Å². The van der Waals surface area contributed by atoms with Crippen LogP contribution >= 0.6 is 0 Å². The van der Waals surface area contributed by atoms with Gasteiger partial charge in [0.05, 0.1) is 11.5 Å². The predicted octanol–water partition coefficient (Wildman–Crippen LogP) is 2.42. The molecule has 0 aromatic heterocycles. The molecule has 28 heavy (non-hydrogen) atoms. The normalized spacial score (nSPS) is 23.4. The number of carbonyl (C=O) groups excluding carboxylic acids is 1. The van der Waals surface area contributed by atoms with Gasteiger partial charge in [0.1, 0.15) is 16.7 Å². The average Bonchev–Trinajstić information content (AvgIpc) is 3.02. The van der Waals surface area contributed by atoms with Gasteiger partial charge >= 0.3 is 0 Å². The molecule has 156 valence electrons. The number of unbranched alkanes of at least 4 members (excludes halogenated alkanes) is 1. The van der Waals surface area contributed by atoms with Crippen molar-refractivity contribution in [2.24, 2.45) is 0 Å². The first-order chi connectivity index (χ1) is 13.4. The van der Waals surface area contributed by atoms with Crippen LogP contribution in [0.1, 0.15) is 49.4 Å². The van der Waals surface area contributed by atoms with Crippen molar-refractivity contribution in [1.82, 2.24) is 14.5 Å². The van der Waals surface area contributed by atoms with Crippen LogP contribution in [0.25, 0.3) is 0 Å². The summed E-state index contributed by atoms with van der Waals surface area (Å²) in [5.41, 5.74) is 0.205.